The average Bonchev–Trinajstić information content (AvgIpc) is 3.22. The van der Waals surface area contributed by atoms with Gasteiger partial charge in [0.05, 0.1) is 29.2 Å². The molecule has 0 aliphatic heterocycles. The van der Waals surface area contributed by atoms with Crippen molar-refractivity contribution in [1.29, 1.82) is 0 Å². The van der Waals surface area contributed by atoms with Gasteiger partial charge in [-0.1, -0.05) is 12.1 Å². The van der Waals surface area contributed by atoms with E-state index in [2.05, 4.69) is 20.1 Å². The van der Waals surface area contributed by atoms with Gasteiger partial charge in [0.25, 0.3) is 5.56 Å². The Bertz CT molecular complexity index is 1190. The molecule has 0 atom stereocenters. The SMILES string of the molecule is CCn1c(=O)c2cn[nH]c2c2ccc(-c3ccc(OCCCN(C)C)nc3)cc21. The number of benzene rings is 1. The predicted octanol–water partition coefficient (Wildman–Crippen LogP) is 3.29. The number of aromatic nitrogens is 4. The largest absolute Gasteiger partial charge is 0.478 e. The number of hydrogen-bond acceptors (Lipinski definition) is 5. The third kappa shape index (κ3) is 3.73. The van der Waals surface area contributed by atoms with E-state index in [-0.39, 0.29) is 5.56 Å². The van der Waals surface area contributed by atoms with Crippen molar-refractivity contribution in [3.05, 3.63) is 53.1 Å². The molecule has 7 heteroatoms. The lowest BCUT2D eigenvalue weighted by molar-refractivity contribution is 0.273. The highest BCUT2D eigenvalue weighted by molar-refractivity contribution is 6.04. The van der Waals surface area contributed by atoms with Crippen LogP contribution in [0, 0.1) is 0 Å². The van der Waals surface area contributed by atoms with Gasteiger partial charge in [-0.25, -0.2) is 4.98 Å². The van der Waals surface area contributed by atoms with Crippen LogP contribution in [-0.4, -0.2) is 51.9 Å². The molecule has 1 N–H and O–H groups in total. The van der Waals surface area contributed by atoms with Crippen LogP contribution >= 0.6 is 0 Å². The quantitative estimate of drug-likeness (QED) is 0.489. The van der Waals surface area contributed by atoms with Crippen LogP contribution in [0.25, 0.3) is 32.9 Å². The molecular formula is C22H25N5O2. The summed E-state index contributed by atoms with van der Waals surface area (Å²) >= 11 is 0. The zero-order valence-electron chi connectivity index (χ0n) is 17.0. The molecule has 4 aromatic rings. The van der Waals surface area contributed by atoms with Gasteiger partial charge >= 0.3 is 0 Å². The third-order valence-electron chi connectivity index (χ3n) is 5.06. The van der Waals surface area contributed by atoms with Crippen LogP contribution < -0.4 is 10.3 Å². The first kappa shape index (κ1) is 19.1. The van der Waals surface area contributed by atoms with E-state index in [1.165, 1.54) is 0 Å². The molecule has 0 radical (unpaired) electrons. The number of aryl methyl sites for hydroxylation is 1. The number of rotatable bonds is 7. The molecule has 3 aromatic heterocycles. The van der Waals surface area contributed by atoms with Gasteiger partial charge in [-0.05, 0) is 45.1 Å². The summed E-state index contributed by atoms with van der Waals surface area (Å²) < 4.78 is 7.50. The van der Waals surface area contributed by atoms with Crippen molar-refractivity contribution in [1.82, 2.24) is 24.6 Å². The molecule has 0 aliphatic rings. The molecule has 0 bridgehead atoms. The Labute approximate surface area is 168 Å². The van der Waals surface area contributed by atoms with Gasteiger partial charge in [0, 0.05) is 36.3 Å². The van der Waals surface area contributed by atoms with Crippen molar-refractivity contribution >= 4 is 21.8 Å². The first-order valence-electron chi connectivity index (χ1n) is 9.82. The highest BCUT2D eigenvalue weighted by Gasteiger charge is 2.12. The molecule has 0 saturated heterocycles. The van der Waals surface area contributed by atoms with Crippen LogP contribution in [0.5, 0.6) is 5.88 Å². The van der Waals surface area contributed by atoms with Gasteiger partial charge in [-0.2, -0.15) is 5.10 Å². The van der Waals surface area contributed by atoms with Crippen molar-refractivity contribution in [3.8, 4) is 17.0 Å². The highest BCUT2D eigenvalue weighted by atomic mass is 16.5. The van der Waals surface area contributed by atoms with Gasteiger partial charge in [0.15, 0.2) is 0 Å². The zero-order chi connectivity index (χ0) is 20.4. The normalized spacial score (nSPS) is 11.6. The second kappa shape index (κ2) is 8.05. The minimum absolute atomic E-state index is 0.0273. The summed E-state index contributed by atoms with van der Waals surface area (Å²) in [5.41, 5.74) is 3.62. The van der Waals surface area contributed by atoms with Crippen molar-refractivity contribution in [2.75, 3.05) is 27.2 Å². The van der Waals surface area contributed by atoms with E-state index in [9.17, 15) is 4.79 Å². The standard InChI is InChI=1S/C22H25N5O2/c1-4-27-19-12-15(6-8-17(19)21-18(22(27)28)14-24-25-21)16-7-9-20(23-13-16)29-11-5-10-26(2)3/h6-9,12-14H,4-5,10-11H2,1-3H3,(H,24,25). The van der Waals surface area contributed by atoms with Gasteiger partial charge in [0.1, 0.15) is 0 Å². The number of fused-ring (bicyclic) bond motifs is 3. The Morgan fingerprint density at radius 2 is 1.93 bits per heavy atom. The van der Waals surface area contributed by atoms with E-state index in [4.69, 9.17) is 4.74 Å². The maximum Gasteiger partial charge on any atom is 0.262 e. The molecular weight excluding hydrogens is 366 g/mol. The first-order chi connectivity index (χ1) is 14.1. The molecule has 7 nitrogen and oxygen atoms in total. The minimum Gasteiger partial charge on any atom is -0.478 e. The number of nitrogens with one attached hydrogen (secondary N) is 1. The average molecular weight is 391 g/mol. The van der Waals surface area contributed by atoms with E-state index < -0.39 is 0 Å². The van der Waals surface area contributed by atoms with E-state index in [1.54, 1.807) is 10.8 Å². The monoisotopic (exact) mass is 391 g/mol. The minimum atomic E-state index is -0.0273. The van der Waals surface area contributed by atoms with Crippen molar-refractivity contribution in [3.63, 3.8) is 0 Å². The fourth-order valence-corrected chi connectivity index (χ4v) is 3.56. The van der Waals surface area contributed by atoms with Crippen LogP contribution in [-0.2, 0) is 6.54 Å². The molecule has 29 heavy (non-hydrogen) atoms. The van der Waals surface area contributed by atoms with E-state index >= 15 is 0 Å². The molecule has 1 aromatic carbocycles. The van der Waals surface area contributed by atoms with Crippen molar-refractivity contribution < 1.29 is 4.74 Å². The maximum absolute atomic E-state index is 12.8. The Hall–Kier alpha value is -3.19. The second-order valence-electron chi connectivity index (χ2n) is 7.33. The van der Waals surface area contributed by atoms with Crippen LogP contribution in [0.4, 0.5) is 0 Å². The van der Waals surface area contributed by atoms with Crippen LogP contribution in [0.15, 0.2) is 47.5 Å². The van der Waals surface area contributed by atoms with Crippen LogP contribution in [0.2, 0.25) is 0 Å². The van der Waals surface area contributed by atoms with E-state index in [0.29, 0.717) is 24.4 Å². The van der Waals surface area contributed by atoms with E-state index in [1.807, 2.05) is 57.5 Å². The number of nitrogens with zero attached hydrogens (tertiary/aromatic N) is 4. The number of ether oxygens (including phenoxy) is 1. The summed E-state index contributed by atoms with van der Waals surface area (Å²) in [6, 6.07) is 10.00. The van der Waals surface area contributed by atoms with Gasteiger partial charge in [-0.3, -0.25) is 9.89 Å². The fourth-order valence-electron chi connectivity index (χ4n) is 3.56. The molecule has 0 spiro atoms. The second-order valence-corrected chi connectivity index (χ2v) is 7.33. The fraction of sp³-hybridized carbons (Fsp3) is 0.318. The summed E-state index contributed by atoms with van der Waals surface area (Å²) in [6.45, 7) is 4.20. The molecule has 4 rings (SSSR count). The Morgan fingerprint density at radius 3 is 2.66 bits per heavy atom. The lowest BCUT2D eigenvalue weighted by Gasteiger charge is -2.12. The number of aromatic amines is 1. The Balaban J connectivity index is 1.64. The number of pyridine rings is 2. The van der Waals surface area contributed by atoms with Gasteiger partial charge in [-0.15, -0.1) is 0 Å². The summed E-state index contributed by atoms with van der Waals surface area (Å²) in [4.78, 5) is 19.3. The first-order valence-corrected chi connectivity index (χ1v) is 9.82. The third-order valence-corrected chi connectivity index (χ3v) is 5.06. The lowest BCUT2D eigenvalue weighted by atomic mass is 10.0. The molecule has 3 heterocycles. The van der Waals surface area contributed by atoms with Crippen LogP contribution in [0.1, 0.15) is 13.3 Å². The molecule has 0 aliphatic carbocycles. The summed E-state index contributed by atoms with van der Waals surface area (Å²) in [5, 5.41) is 8.61. The summed E-state index contributed by atoms with van der Waals surface area (Å²) in [5.74, 6) is 0.623. The maximum atomic E-state index is 12.8. The lowest BCUT2D eigenvalue weighted by Crippen LogP contribution is -2.19. The smallest absolute Gasteiger partial charge is 0.262 e. The summed E-state index contributed by atoms with van der Waals surface area (Å²) in [6.07, 6.45) is 4.36. The Morgan fingerprint density at radius 1 is 1.10 bits per heavy atom. The summed E-state index contributed by atoms with van der Waals surface area (Å²) in [7, 11) is 4.10. The van der Waals surface area contributed by atoms with Crippen molar-refractivity contribution in [2.24, 2.45) is 0 Å². The van der Waals surface area contributed by atoms with Gasteiger partial charge < -0.3 is 14.2 Å². The van der Waals surface area contributed by atoms with Gasteiger partial charge in [0.2, 0.25) is 5.88 Å². The number of H-pyrrole nitrogens is 1. The predicted molar refractivity (Wildman–Crippen MR) is 115 cm³/mol. The molecule has 0 fully saturated rings. The highest BCUT2D eigenvalue weighted by Crippen LogP contribution is 2.27. The molecule has 0 saturated carbocycles. The topological polar surface area (TPSA) is 76.0 Å². The van der Waals surface area contributed by atoms with Crippen LogP contribution in [0.3, 0.4) is 0 Å². The number of hydrogen-bond donors (Lipinski definition) is 1. The van der Waals surface area contributed by atoms with E-state index in [0.717, 1.165) is 40.5 Å². The van der Waals surface area contributed by atoms with Crippen molar-refractivity contribution in [2.45, 2.75) is 19.9 Å². The molecule has 0 unspecified atom stereocenters. The Kier molecular flexibility index (Phi) is 5.31. The zero-order valence-corrected chi connectivity index (χ0v) is 17.0. The molecule has 0 amide bonds. The molecule has 150 valence electrons.